The van der Waals surface area contributed by atoms with E-state index < -0.39 is 0 Å². The third kappa shape index (κ3) is 2.59. The van der Waals surface area contributed by atoms with Gasteiger partial charge in [0.15, 0.2) is 5.82 Å². The zero-order valence-electron chi connectivity index (χ0n) is 13.1. The van der Waals surface area contributed by atoms with Gasteiger partial charge in [-0.05, 0) is 19.2 Å². The summed E-state index contributed by atoms with van der Waals surface area (Å²) < 4.78 is 15.8. The quantitative estimate of drug-likeness (QED) is 0.725. The summed E-state index contributed by atoms with van der Waals surface area (Å²) in [4.78, 5) is 8.67. The second kappa shape index (κ2) is 5.99. The van der Waals surface area contributed by atoms with Crippen molar-refractivity contribution in [2.24, 2.45) is 0 Å². The van der Waals surface area contributed by atoms with Gasteiger partial charge in [0.05, 0.1) is 0 Å². The molecule has 24 heavy (non-hydrogen) atoms. The van der Waals surface area contributed by atoms with Crippen LogP contribution in [0, 0.1) is 5.82 Å². The number of hydrogen-bond donors (Lipinski definition) is 0. The van der Waals surface area contributed by atoms with E-state index in [0.29, 0.717) is 23.2 Å². The van der Waals surface area contributed by atoms with E-state index in [1.54, 1.807) is 24.7 Å². The SMILES string of the molecule is CN(Cc1c(F)cccc1Cl)C1CN(c2nccn3cnnc23)C1. The summed E-state index contributed by atoms with van der Waals surface area (Å²) in [5, 5.41) is 8.49. The second-order valence-corrected chi connectivity index (χ2v) is 6.39. The molecule has 8 heteroatoms. The minimum absolute atomic E-state index is 0.263. The van der Waals surface area contributed by atoms with E-state index in [0.717, 1.165) is 24.6 Å². The topological polar surface area (TPSA) is 49.6 Å². The van der Waals surface area contributed by atoms with E-state index in [1.165, 1.54) is 6.07 Å². The van der Waals surface area contributed by atoms with Crippen LogP contribution < -0.4 is 4.90 Å². The van der Waals surface area contributed by atoms with E-state index in [1.807, 2.05) is 17.6 Å². The van der Waals surface area contributed by atoms with Gasteiger partial charge in [-0.15, -0.1) is 10.2 Å². The van der Waals surface area contributed by atoms with Gasteiger partial charge in [0.1, 0.15) is 12.1 Å². The van der Waals surface area contributed by atoms with Crippen LogP contribution in [0.15, 0.2) is 36.9 Å². The molecule has 0 amide bonds. The number of rotatable bonds is 4. The highest BCUT2D eigenvalue weighted by Gasteiger charge is 2.32. The third-order valence-electron chi connectivity index (χ3n) is 4.45. The molecular formula is C16H16ClFN6. The van der Waals surface area contributed by atoms with Crippen LogP contribution in [0.3, 0.4) is 0 Å². The Balaban J connectivity index is 1.45. The van der Waals surface area contributed by atoms with Crippen LogP contribution in [0.4, 0.5) is 10.2 Å². The van der Waals surface area contributed by atoms with Crippen molar-refractivity contribution in [2.75, 3.05) is 25.0 Å². The van der Waals surface area contributed by atoms with Crippen LogP contribution >= 0.6 is 11.6 Å². The third-order valence-corrected chi connectivity index (χ3v) is 4.81. The number of fused-ring (bicyclic) bond motifs is 1. The van der Waals surface area contributed by atoms with Crippen molar-refractivity contribution >= 4 is 23.1 Å². The Hall–Kier alpha value is -2.25. The molecule has 0 atom stereocenters. The molecule has 0 radical (unpaired) electrons. The van der Waals surface area contributed by atoms with Crippen LogP contribution in [0.1, 0.15) is 5.56 Å². The van der Waals surface area contributed by atoms with E-state index in [2.05, 4.69) is 25.0 Å². The molecule has 1 aliphatic heterocycles. The number of anilines is 1. The maximum absolute atomic E-state index is 13.9. The van der Waals surface area contributed by atoms with Crippen LogP contribution in [-0.2, 0) is 6.54 Å². The predicted octanol–water partition coefficient (Wildman–Crippen LogP) is 2.24. The summed E-state index contributed by atoms with van der Waals surface area (Å²) in [6, 6.07) is 5.09. The van der Waals surface area contributed by atoms with Crippen molar-refractivity contribution in [3.63, 3.8) is 0 Å². The fourth-order valence-corrected chi connectivity index (χ4v) is 3.16. The normalized spacial score (nSPS) is 15.2. The lowest BCUT2D eigenvalue weighted by Gasteiger charge is -2.44. The summed E-state index contributed by atoms with van der Waals surface area (Å²) in [5.41, 5.74) is 1.29. The Kier molecular flexibility index (Phi) is 3.82. The molecule has 4 rings (SSSR count). The Morgan fingerprint density at radius 1 is 1.38 bits per heavy atom. The first-order valence-corrected chi connectivity index (χ1v) is 8.03. The van der Waals surface area contributed by atoms with Gasteiger partial charge in [0, 0.05) is 48.7 Å². The maximum atomic E-state index is 13.9. The van der Waals surface area contributed by atoms with Crippen LogP contribution in [-0.4, -0.2) is 50.7 Å². The van der Waals surface area contributed by atoms with Gasteiger partial charge < -0.3 is 4.90 Å². The van der Waals surface area contributed by atoms with Gasteiger partial charge in [-0.3, -0.25) is 9.30 Å². The van der Waals surface area contributed by atoms with Crippen LogP contribution in [0.5, 0.6) is 0 Å². The van der Waals surface area contributed by atoms with E-state index in [9.17, 15) is 4.39 Å². The molecule has 1 aromatic carbocycles. The van der Waals surface area contributed by atoms with Crippen molar-refractivity contribution in [3.05, 3.63) is 53.3 Å². The minimum Gasteiger partial charge on any atom is -0.350 e. The number of aromatic nitrogens is 4. The highest BCUT2D eigenvalue weighted by Crippen LogP contribution is 2.26. The average Bonchev–Trinajstić information content (AvgIpc) is 2.99. The Morgan fingerprint density at radius 2 is 2.21 bits per heavy atom. The molecule has 0 spiro atoms. The molecular weight excluding hydrogens is 331 g/mol. The Labute approximate surface area is 143 Å². The molecule has 1 aliphatic rings. The standard InChI is InChI=1S/C16H16ClFN6/c1-22(9-12-13(17)3-2-4-14(12)18)11-7-24(8-11)15-16-21-20-10-23(16)6-5-19-15/h2-6,10-11H,7-9H2,1H3. The molecule has 0 aliphatic carbocycles. The van der Waals surface area contributed by atoms with Crippen molar-refractivity contribution in [2.45, 2.75) is 12.6 Å². The van der Waals surface area contributed by atoms with Crippen molar-refractivity contribution in [1.82, 2.24) is 24.5 Å². The van der Waals surface area contributed by atoms with Gasteiger partial charge in [0.25, 0.3) is 0 Å². The van der Waals surface area contributed by atoms with Gasteiger partial charge in [-0.1, -0.05) is 17.7 Å². The highest BCUT2D eigenvalue weighted by atomic mass is 35.5. The summed E-state index contributed by atoms with van der Waals surface area (Å²) >= 11 is 6.11. The fourth-order valence-electron chi connectivity index (χ4n) is 2.94. The molecule has 124 valence electrons. The first-order chi connectivity index (χ1) is 11.6. The minimum atomic E-state index is -0.263. The Bertz CT molecular complexity index is 856. The largest absolute Gasteiger partial charge is 0.350 e. The molecule has 0 saturated carbocycles. The molecule has 3 heterocycles. The van der Waals surface area contributed by atoms with Gasteiger partial charge in [0.2, 0.25) is 5.65 Å². The summed E-state index contributed by atoms with van der Waals surface area (Å²) in [6.07, 6.45) is 5.22. The van der Waals surface area contributed by atoms with Crippen LogP contribution in [0.25, 0.3) is 5.65 Å². The lowest BCUT2D eigenvalue weighted by atomic mass is 10.1. The zero-order valence-corrected chi connectivity index (χ0v) is 13.9. The van der Waals surface area contributed by atoms with Gasteiger partial charge in [-0.2, -0.15) is 0 Å². The number of benzene rings is 1. The lowest BCUT2D eigenvalue weighted by Crippen LogP contribution is -2.58. The average molecular weight is 347 g/mol. The van der Waals surface area contributed by atoms with Gasteiger partial charge >= 0.3 is 0 Å². The molecule has 0 bridgehead atoms. The first-order valence-electron chi connectivity index (χ1n) is 7.66. The fraction of sp³-hybridized carbons (Fsp3) is 0.312. The summed E-state index contributed by atoms with van der Waals surface area (Å²) in [7, 11) is 1.98. The molecule has 1 fully saturated rings. The number of halogens is 2. The molecule has 0 unspecified atom stereocenters. The van der Waals surface area contributed by atoms with Crippen molar-refractivity contribution < 1.29 is 4.39 Å². The second-order valence-electron chi connectivity index (χ2n) is 5.99. The molecule has 3 aromatic rings. The van der Waals surface area contributed by atoms with Crippen LogP contribution in [0.2, 0.25) is 5.02 Å². The van der Waals surface area contributed by atoms with Crippen molar-refractivity contribution in [3.8, 4) is 0 Å². The van der Waals surface area contributed by atoms with E-state index in [4.69, 9.17) is 11.6 Å². The van der Waals surface area contributed by atoms with E-state index in [-0.39, 0.29) is 5.82 Å². The predicted molar refractivity (Wildman–Crippen MR) is 89.7 cm³/mol. The zero-order chi connectivity index (χ0) is 16.7. The molecule has 2 aromatic heterocycles. The van der Waals surface area contributed by atoms with Crippen molar-refractivity contribution in [1.29, 1.82) is 0 Å². The monoisotopic (exact) mass is 346 g/mol. The lowest BCUT2D eigenvalue weighted by molar-refractivity contribution is 0.195. The van der Waals surface area contributed by atoms with Gasteiger partial charge in [-0.25, -0.2) is 9.37 Å². The number of likely N-dealkylation sites (N-methyl/N-ethyl adjacent to an activating group) is 1. The molecule has 0 N–H and O–H groups in total. The molecule has 6 nitrogen and oxygen atoms in total. The first kappa shape index (κ1) is 15.3. The smallest absolute Gasteiger partial charge is 0.203 e. The molecule has 1 saturated heterocycles. The number of nitrogens with zero attached hydrogens (tertiary/aromatic N) is 6. The number of hydrogen-bond acceptors (Lipinski definition) is 5. The summed E-state index contributed by atoms with van der Waals surface area (Å²) in [6.45, 7) is 2.09. The maximum Gasteiger partial charge on any atom is 0.203 e. The Morgan fingerprint density at radius 3 is 3.00 bits per heavy atom. The summed E-state index contributed by atoms with van der Waals surface area (Å²) in [5.74, 6) is 0.559. The van der Waals surface area contributed by atoms with E-state index >= 15 is 0 Å². The highest BCUT2D eigenvalue weighted by molar-refractivity contribution is 6.31.